The first-order chi connectivity index (χ1) is 15.5. The van der Waals surface area contributed by atoms with Crippen LogP contribution in [0.5, 0.6) is 5.75 Å². The first-order valence-electron chi connectivity index (χ1n) is 11.1. The highest BCUT2D eigenvalue weighted by Crippen LogP contribution is 2.24. The van der Waals surface area contributed by atoms with Gasteiger partial charge in [0.2, 0.25) is 11.8 Å². The van der Waals surface area contributed by atoms with Gasteiger partial charge in [-0.15, -0.1) is 5.10 Å². The van der Waals surface area contributed by atoms with E-state index < -0.39 is 0 Å². The molecule has 7 nitrogen and oxygen atoms in total. The van der Waals surface area contributed by atoms with Gasteiger partial charge in [-0.25, -0.2) is 0 Å². The fraction of sp³-hybridized carbons (Fsp3) is 0.400. The van der Waals surface area contributed by atoms with Gasteiger partial charge in [0.25, 0.3) is 0 Å². The normalized spacial score (nSPS) is 13.8. The Hall–Kier alpha value is -3.35. The molecule has 7 heteroatoms. The van der Waals surface area contributed by atoms with Crippen LogP contribution in [0, 0.1) is 5.92 Å². The number of anilines is 1. The summed E-state index contributed by atoms with van der Waals surface area (Å²) in [7, 11) is 0. The van der Waals surface area contributed by atoms with Gasteiger partial charge in [0, 0.05) is 0 Å². The first-order valence-corrected chi connectivity index (χ1v) is 11.1. The molecule has 3 atom stereocenters. The van der Waals surface area contributed by atoms with Crippen molar-refractivity contribution in [2.75, 3.05) is 12.3 Å². The third-order valence-corrected chi connectivity index (χ3v) is 5.47. The quantitative estimate of drug-likeness (QED) is 0.453. The second-order valence-electron chi connectivity index (χ2n) is 8.21. The Balaban J connectivity index is 1.73. The Morgan fingerprint density at radius 1 is 1.06 bits per heavy atom. The minimum Gasteiger partial charge on any atom is -0.493 e. The van der Waals surface area contributed by atoms with Gasteiger partial charge in [-0.05, 0) is 42.5 Å². The Labute approximate surface area is 189 Å². The average Bonchev–Trinajstić information content (AvgIpc) is 3.22. The van der Waals surface area contributed by atoms with E-state index in [-0.39, 0.29) is 23.9 Å². The summed E-state index contributed by atoms with van der Waals surface area (Å²) in [6, 6.07) is 17.1. The maximum Gasteiger partial charge on any atom is 0.312 e. The largest absolute Gasteiger partial charge is 0.493 e. The van der Waals surface area contributed by atoms with Crippen molar-refractivity contribution in [2.24, 2.45) is 5.92 Å². The molecule has 32 heavy (non-hydrogen) atoms. The average molecular weight is 437 g/mol. The Bertz CT molecular complexity index is 972. The monoisotopic (exact) mass is 436 g/mol. The number of hydrogen-bond acceptors (Lipinski definition) is 6. The Kier molecular flexibility index (Phi) is 8.25. The zero-order valence-corrected chi connectivity index (χ0v) is 19.0. The summed E-state index contributed by atoms with van der Waals surface area (Å²) in [6.45, 7) is 6.94. The molecule has 0 unspecified atom stereocenters. The standard InChI is InChI=1S/C25H32N4O3/c1-4-8-17(2)16-31-21-13-11-20(12-14-21)22(15-23-28-29-25(26)32-23)27-24(30)18(3)19-9-6-5-7-10-19/h5-7,9-14,17-18,22H,4,8,15-16H2,1-3H3,(H2,26,29)(H,27,30)/t17-,18+,22+/m1/s1. The van der Waals surface area contributed by atoms with E-state index in [9.17, 15) is 4.79 Å². The number of hydrogen-bond donors (Lipinski definition) is 2. The van der Waals surface area contributed by atoms with Gasteiger partial charge in [0.05, 0.1) is 25.0 Å². The van der Waals surface area contributed by atoms with Gasteiger partial charge in [-0.3, -0.25) is 4.79 Å². The second kappa shape index (κ2) is 11.3. The van der Waals surface area contributed by atoms with Crippen molar-refractivity contribution < 1.29 is 13.9 Å². The molecule has 2 aromatic carbocycles. The van der Waals surface area contributed by atoms with Crippen molar-refractivity contribution >= 4 is 11.9 Å². The molecule has 3 aromatic rings. The number of aromatic nitrogens is 2. The van der Waals surface area contributed by atoms with Crippen molar-refractivity contribution in [1.82, 2.24) is 15.5 Å². The molecule has 0 fully saturated rings. The van der Waals surface area contributed by atoms with Crippen LogP contribution in [0.1, 0.15) is 62.6 Å². The number of nitrogens with two attached hydrogens (primary N) is 1. The van der Waals surface area contributed by atoms with E-state index in [0.29, 0.717) is 24.8 Å². The lowest BCUT2D eigenvalue weighted by atomic mass is 9.98. The lowest BCUT2D eigenvalue weighted by Gasteiger charge is -2.21. The molecule has 0 aliphatic rings. The van der Waals surface area contributed by atoms with E-state index in [0.717, 1.165) is 29.7 Å². The van der Waals surface area contributed by atoms with Crippen molar-refractivity contribution in [3.63, 3.8) is 0 Å². The van der Waals surface area contributed by atoms with Gasteiger partial charge in [-0.1, -0.05) is 67.8 Å². The predicted octanol–water partition coefficient (Wildman–Crippen LogP) is 4.67. The lowest BCUT2D eigenvalue weighted by Crippen LogP contribution is -2.33. The third-order valence-electron chi connectivity index (χ3n) is 5.47. The molecule has 0 aliphatic heterocycles. The van der Waals surface area contributed by atoms with E-state index in [1.165, 1.54) is 0 Å². The minimum absolute atomic E-state index is 0.00711. The fourth-order valence-electron chi connectivity index (χ4n) is 3.58. The number of ether oxygens (including phenoxy) is 1. The highest BCUT2D eigenvalue weighted by molar-refractivity contribution is 5.83. The van der Waals surface area contributed by atoms with E-state index in [2.05, 4.69) is 29.4 Å². The van der Waals surface area contributed by atoms with Gasteiger partial charge >= 0.3 is 6.01 Å². The molecular formula is C25H32N4O3. The molecule has 170 valence electrons. The molecule has 0 spiro atoms. The lowest BCUT2D eigenvalue weighted by molar-refractivity contribution is -0.123. The topological polar surface area (TPSA) is 103 Å². The van der Waals surface area contributed by atoms with Gasteiger partial charge in [-0.2, -0.15) is 0 Å². The zero-order valence-electron chi connectivity index (χ0n) is 19.0. The number of nitrogen functional groups attached to an aromatic ring is 1. The van der Waals surface area contributed by atoms with Crippen LogP contribution in [-0.2, 0) is 11.2 Å². The summed E-state index contributed by atoms with van der Waals surface area (Å²) >= 11 is 0. The molecule has 0 saturated heterocycles. The van der Waals surface area contributed by atoms with Crippen LogP contribution in [0.15, 0.2) is 59.0 Å². The third kappa shape index (κ3) is 6.57. The maximum atomic E-state index is 13.0. The van der Waals surface area contributed by atoms with E-state index in [1.54, 1.807) is 0 Å². The molecule has 3 rings (SSSR count). The number of amides is 1. The second-order valence-corrected chi connectivity index (χ2v) is 8.21. The van der Waals surface area contributed by atoms with Crippen molar-refractivity contribution in [3.05, 3.63) is 71.6 Å². The SMILES string of the molecule is CCC[C@@H](C)COc1ccc([C@H](Cc2nnc(N)o2)NC(=O)[C@@H](C)c2ccccc2)cc1. The summed E-state index contributed by atoms with van der Waals surface area (Å²) in [6.07, 6.45) is 2.62. The van der Waals surface area contributed by atoms with Crippen LogP contribution < -0.4 is 15.8 Å². The van der Waals surface area contributed by atoms with Gasteiger partial charge < -0.3 is 20.2 Å². The van der Waals surface area contributed by atoms with Gasteiger partial charge in [0.1, 0.15) is 5.75 Å². The first kappa shape index (κ1) is 23.3. The Morgan fingerprint density at radius 3 is 2.41 bits per heavy atom. The molecule has 1 heterocycles. The fourth-order valence-corrected chi connectivity index (χ4v) is 3.58. The van der Waals surface area contributed by atoms with E-state index in [4.69, 9.17) is 14.9 Å². The van der Waals surface area contributed by atoms with Crippen LogP contribution in [0.2, 0.25) is 0 Å². The predicted molar refractivity (Wildman–Crippen MR) is 124 cm³/mol. The molecule has 0 aliphatic carbocycles. The number of rotatable bonds is 11. The highest BCUT2D eigenvalue weighted by Gasteiger charge is 2.22. The highest BCUT2D eigenvalue weighted by atomic mass is 16.5. The smallest absolute Gasteiger partial charge is 0.312 e. The number of carbonyl (C=O) groups is 1. The number of benzene rings is 2. The summed E-state index contributed by atoms with van der Waals surface area (Å²) in [5.74, 6) is 1.31. The van der Waals surface area contributed by atoms with Crippen LogP contribution in [-0.4, -0.2) is 22.7 Å². The molecule has 1 aromatic heterocycles. The molecule has 0 radical (unpaired) electrons. The molecule has 1 amide bonds. The van der Waals surface area contributed by atoms with Crippen molar-refractivity contribution in [1.29, 1.82) is 0 Å². The minimum atomic E-state index is -0.346. The van der Waals surface area contributed by atoms with Crippen molar-refractivity contribution in [3.8, 4) is 5.75 Å². The van der Waals surface area contributed by atoms with Crippen LogP contribution >= 0.6 is 0 Å². The van der Waals surface area contributed by atoms with Crippen LogP contribution in [0.25, 0.3) is 0 Å². The van der Waals surface area contributed by atoms with Gasteiger partial charge in [0.15, 0.2) is 0 Å². The summed E-state index contributed by atoms with van der Waals surface area (Å²) < 4.78 is 11.3. The molecular weight excluding hydrogens is 404 g/mol. The van der Waals surface area contributed by atoms with E-state index >= 15 is 0 Å². The summed E-state index contributed by atoms with van der Waals surface area (Å²) in [4.78, 5) is 13.0. The number of nitrogens with one attached hydrogen (secondary N) is 1. The maximum absolute atomic E-state index is 13.0. The van der Waals surface area contributed by atoms with Crippen LogP contribution in [0.4, 0.5) is 6.01 Å². The summed E-state index contributed by atoms with van der Waals surface area (Å²) in [5, 5.41) is 10.8. The Morgan fingerprint density at radius 2 is 1.78 bits per heavy atom. The van der Waals surface area contributed by atoms with Crippen molar-refractivity contribution in [2.45, 2.75) is 52.0 Å². The zero-order chi connectivity index (χ0) is 22.9. The summed E-state index contributed by atoms with van der Waals surface area (Å²) in [5.41, 5.74) is 7.45. The molecule has 0 saturated carbocycles. The number of carbonyl (C=O) groups excluding carboxylic acids is 1. The molecule has 0 bridgehead atoms. The number of nitrogens with zero attached hydrogens (tertiary/aromatic N) is 2. The van der Waals surface area contributed by atoms with E-state index in [1.807, 2.05) is 61.5 Å². The molecule has 3 N–H and O–H groups in total. The van der Waals surface area contributed by atoms with Crippen LogP contribution in [0.3, 0.4) is 0 Å².